The first-order valence-corrected chi connectivity index (χ1v) is 8.31. The largest absolute Gasteiger partial charge is 0.214 e. The molecule has 1 aliphatic rings. The van der Waals surface area contributed by atoms with Gasteiger partial charge in [0.25, 0.3) is 0 Å². The fourth-order valence-corrected chi connectivity index (χ4v) is 5.14. The van der Waals surface area contributed by atoms with Crippen LogP contribution in [-0.4, -0.2) is 36.4 Å². The molecule has 1 rings (SSSR count). The zero-order valence-electron chi connectivity index (χ0n) is 9.45. The molecule has 3 nitrogen and oxygen atoms in total. The number of nitrogens with zero attached hydrogens (tertiary/aromatic N) is 1. The Morgan fingerprint density at radius 3 is 2.67 bits per heavy atom. The summed E-state index contributed by atoms with van der Waals surface area (Å²) < 4.78 is 25.7. The third-order valence-corrected chi connectivity index (χ3v) is 5.74. The van der Waals surface area contributed by atoms with Gasteiger partial charge in [-0.25, -0.2) is 8.42 Å². The third-order valence-electron chi connectivity index (χ3n) is 3.10. The summed E-state index contributed by atoms with van der Waals surface area (Å²) in [5.41, 5.74) is 0. The first-order chi connectivity index (χ1) is 7.03. The van der Waals surface area contributed by atoms with Gasteiger partial charge >= 0.3 is 0 Å². The van der Waals surface area contributed by atoms with Crippen LogP contribution in [0.4, 0.5) is 0 Å². The summed E-state index contributed by atoms with van der Waals surface area (Å²) in [6.07, 6.45) is 2.69. The molecule has 1 aliphatic heterocycles. The molecule has 90 valence electrons. The van der Waals surface area contributed by atoms with Gasteiger partial charge < -0.3 is 0 Å². The lowest BCUT2D eigenvalue weighted by molar-refractivity contribution is 0.377. The van der Waals surface area contributed by atoms with Crippen molar-refractivity contribution in [2.24, 2.45) is 5.92 Å². The van der Waals surface area contributed by atoms with Gasteiger partial charge in [0.1, 0.15) is 0 Å². The fraction of sp³-hybridized carbons (Fsp3) is 1.00. The second-order valence-electron chi connectivity index (χ2n) is 4.27. The monoisotopic (exact) mass is 297 g/mol. The second kappa shape index (κ2) is 5.64. The van der Waals surface area contributed by atoms with Crippen molar-refractivity contribution in [3.8, 4) is 0 Å². The summed E-state index contributed by atoms with van der Waals surface area (Å²) in [5.74, 6) is 0.778. The zero-order chi connectivity index (χ0) is 11.5. The Bertz CT molecular complexity index is 292. The molecule has 0 radical (unpaired) electrons. The maximum Gasteiger partial charge on any atom is 0.214 e. The van der Waals surface area contributed by atoms with Gasteiger partial charge in [0.05, 0.1) is 5.75 Å². The summed E-state index contributed by atoms with van der Waals surface area (Å²) >= 11 is 3.41. The molecule has 2 unspecified atom stereocenters. The third kappa shape index (κ3) is 3.17. The van der Waals surface area contributed by atoms with Crippen molar-refractivity contribution in [1.82, 2.24) is 4.31 Å². The van der Waals surface area contributed by atoms with Crippen molar-refractivity contribution < 1.29 is 8.42 Å². The van der Waals surface area contributed by atoms with Gasteiger partial charge in [-0.2, -0.15) is 4.31 Å². The number of hydrogen-bond donors (Lipinski definition) is 0. The van der Waals surface area contributed by atoms with E-state index in [1.165, 1.54) is 0 Å². The van der Waals surface area contributed by atoms with Crippen LogP contribution < -0.4 is 0 Å². The first-order valence-electron chi connectivity index (χ1n) is 5.58. The molecule has 0 amide bonds. The summed E-state index contributed by atoms with van der Waals surface area (Å²) in [6.45, 7) is 4.84. The van der Waals surface area contributed by atoms with Crippen LogP contribution in [0.5, 0.6) is 0 Å². The van der Waals surface area contributed by atoms with E-state index in [2.05, 4.69) is 22.9 Å². The summed E-state index contributed by atoms with van der Waals surface area (Å²) in [5, 5.41) is 0.750. The highest BCUT2D eigenvalue weighted by Crippen LogP contribution is 2.28. The van der Waals surface area contributed by atoms with E-state index in [9.17, 15) is 8.42 Å². The molecule has 1 saturated heterocycles. The first kappa shape index (κ1) is 13.5. The van der Waals surface area contributed by atoms with Gasteiger partial charge in [-0.3, -0.25) is 0 Å². The Morgan fingerprint density at radius 2 is 2.13 bits per heavy atom. The number of unbranched alkanes of at least 4 members (excludes halogenated alkanes) is 1. The van der Waals surface area contributed by atoms with Gasteiger partial charge in [-0.1, -0.05) is 36.2 Å². The molecule has 0 aromatic rings. The van der Waals surface area contributed by atoms with E-state index >= 15 is 0 Å². The van der Waals surface area contributed by atoms with E-state index in [0.717, 1.165) is 24.6 Å². The predicted molar refractivity (Wildman–Crippen MR) is 66.8 cm³/mol. The van der Waals surface area contributed by atoms with E-state index in [0.29, 0.717) is 18.2 Å². The van der Waals surface area contributed by atoms with Gasteiger partial charge in [0.2, 0.25) is 10.0 Å². The minimum Gasteiger partial charge on any atom is -0.212 e. The summed E-state index contributed by atoms with van der Waals surface area (Å²) in [7, 11) is -3.01. The smallest absolute Gasteiger partial charge is 0.212 e. The molecule has 1 heterocycles. The van der Waals surface area contributed by atoms with Crippen LogP contribution in [0, 0.1) is 5.92 Å². The van der Waals surface area contributed by atoms with Gasteiger partial charge in [-0.05, 0) is 18.8 Å². The van der Waals surface area contributed by atoms with Gasteiger partial charge in [-0.15, -0.1) is 0 Å². The average molecular weight is 298 g/mol. The van der Waals surface area contributed by atoms with Crippen LogP contribution in [0.15, 0.2) is 0 Å². The maximum atomic E-state index is 12.0. The lowest BCUT2D eigenvalue weighted by Gasteiger charge is -2.24. The quantitative estimate of drug-likeness (QED) is 0.730. The minimum absolute atomic E-state index is 0.159. The number of rotatable bonds is 5. The lowest BCUT2D eigenvalue weighted by atomic mass is 10.1. The molecule has 2 atom stereocenters. The van der Waals surface area contributed by atoms with Gasteiger partial charge in [0, 0.05) is 17.9 Å². The molecular formula is C10H20BrNO2S. The molecule has 0 aromatic heterocycles. The summed E-state index contributed by atoms with van der Waals surface area (Å²) in [6, 6.07) is 0.159. The number of alkyl halides is 1. The van der Waals surface area contributed by atoms with Crippen molar-refractivity contribution in [2.45, 2.75) is 39.2 Å². The number of hydrogen-bond acceptors (Lipinski definition) is 2. The Morgan fingerprint density at radius 1 is 1.47 bits per heavy atom. The number of halogens is 1. The van der Waals surface area contributed by atoms with E-state index in [4.69, 9.17) is 0 Å². The van der Waals surface area contributed by atoms with Crippen LogP contribution in [0.3, 0.4) is 0 Å². The topological polar surface area (TPSA) is 37.4 Å². The van der Waals surface area contributed by atoms with E-state index in [1.54, 1.807) is 4.31 Å². The Labute approximate surface area is 101 Å². The minimum atomic E-state index is -3.01. The molecule has 15 heavy (non-hydrogen) atoms. The molecule has 1 fully saturated rings. The molecule has 0 aliphatic carbocycles. The number of sulfonamides is 1. The molecule has 0 saturated carbocycles. The fourth-order valence-electron chi connectivity index (χ4n) is 1.99. The van der Waals surface area contributed by atoms with Crippen molar-refractivity contribution in [1.29, 1.82) is 0 Å². The van der Waals surface area contributed by atoms with Crippen LogP contribution in [-0.2, 0) is 10.0 Å². The SMILES string of the molecule is CCCCS(=O)(=O)N1CCC(C)C1CBr. The second-order valence-corrected chi connectivity index (χ2v) is 6.96. The van der Waals surface area contributed by atoms with Crippen molar-refractivity contribution >= 4 is 26.0 Å². The van der Waals surface area contributed by atoms with E-state index in [1.807, 2.05) is 6.92 Å². The highest BCUT2D eigenvalue weighted by atomic mass is 79.9. The average Bonchev–Trinajstić information content (AvgIpc) is 2.57. The highest BCUT2D eigenvalue weighted by molar-refractivity contribution is 9.09. The van der Waals surface area contributed by atoms with Crippen LogP contribution in [0.1, 0.15) is 33.1 Å². The molecule has 0 spiro atoms. The Hall–Kier alpha value is 0.390. The molecule has 0 aromatic carbocycles. The van der Waals surface area contributed by atoms with E-state index < -0.39 is 10.0 Å². The Kier molecular flexibility index (Phi) is 5.06. The normalized spacial score (nSPS) is 28.5. The van der Waals surface area contributed by atoms with Crippen molar-refractivity contribution in [3.05, 3.63) is 0 Å². The predicted octanol–water partition coefficient (Wildman–Crippen LogP) is 2.22. The molecular weight excluding hydrogens is 278 g/mol. The molecule has 5 heteroatoms. The molecule has 0 bridgehead atoms. The Balaban J connectivity index is 2.70. The maximum absolute atomic E-state index is 12.0. The van der Waals surface area contributed by atoms with Crippen molar-refractivity contribution in [2.75, 3.05) is 17.6 Å². The van der Waals surface area contributed by atoms with Crippen LogP contribution in [0.25, 0.3) is 0 Å². The summed E-state index contributed by atoms with van der Waals surface area (Å²) in [4.78, 5) is 0. The highest BCUT2D eigenvalue weighted by Gasteiger charge is 2.37. The standard InChI is InChI=1S/C10H20BrNO2S/c1-3-4-7-15(13,14)12-6-5-9(2)10(12)8-11/h9-10H,3-8H2,1-2H3. The van der Waals surface area contributed by atoms with Gasteiger partial charge in [0.15, 0.2) is 0 Å². The zero-order valence-corrected chi connectivity index (χ0v) is 11.8. The molecule has 0 N–H and O–H groups in total. The van der Waals surface area contributed by atoms with Crippen LogP contribution >= 0.6 is 15.9 Å². The lowest BCUT2D eigenvalue weighted by Crippen LogP contribution is -2.39. The van der Waals surface area contributed by atoms with Crippen molar-refractivity contribution in [3.63, 3.8) is 0 Å². The van der Waals surface area contributed by atoms with E-state index in [-0.39, 0.29) is 6.04 Å². The van der Waals surface area contributed by atoms with Crippen LogP contribution in [0.2, 0.25) is 0 Å².